The van der Waals surface area contributed by atoms with Crippen LogP contribution in [0.2, 0.25) is 0 Å². The van der Waals surface area contributed by atoms with Gasteiger partial charge in [0, 0.05) is 25.8 Å². The molecule has 0 radical (unpaired) electrons. The number of aromatic hydroxyl groups is 3. The maximum Gasteiger partial charge on any atom is 0.322 e. The maximum absolute atomic E-state index is 14.1. The molecule has 0 spiro atoms. The maximum atomic E-state index is 14.1. The molecule has 0 aliphatic rings. The number of aliphatic imine (C=N–C) groups is 1. The molecule has 9 amide bonds. The zero-order valence-electron chi connectivity index (χ0n) is 43.8. The zero-order valence-corrected chi connectivity index (χ0v) is 43.8. The number of phenolic OH excluding ortho intramolecular Hbond substituents is 3. The number of carbonyl (C=O) groups is 11. The van der Waals surface area contributed by atoms with E-state index in [4.69, 9.17) is 28.0 Å². The van der Waals surface area contributed by atoms with Crippen LogP contribution in [0.5, 0.6) is 17.2 Å². The van der Waals surface area contributed by atoms with Crippen LogP contribution < -0.4 is 65.5 Å². The monoisotopic (exact) mass is 1120 g/mol. The van der Waals surface area contributed by atoms with Gasteiger partial charge in [0.15, 0.2) is 5.96 Å². The van der Waals surface area contributed by atoms with Gasteiger partial charge in [0.1, 0.15) is 60.0 Å². The first-order valence-electron chi connectivity index (χ1n) is 24.9. The van der Waals surface area contributed by atoms with Crippen molar-refractivity contribution < 1.29 is 78.3 Å². The number of carboxylic acids is 2. The third kappa shape index (κ3) is 23.8. The number of nitrogens with zero attached hydrogens (tertiary/aromatic N) is 1. The highest BCUT2D eigenvalue weighted by molar-refractivity contribution is 5.99. The number of primary amides is 1. The van der Waals surface area contributed by atoms with Crippen LogP contribution in [0, 0.1) is 5.92 Å². The Labute approximate surface area is 458 Å². The van der Waals surface area contributed by atoms with Crippen molar-refractivity contribution >= 4 is 71.1 Å². The van der Waals surface area contributed by atoms with Gasteiger partial charge in [0.05, 0.1) is 19.0 Å². The fourth-order valence-corrected chi connectivity index (χ4v) is 7.55. The fourth-order valence-electron chi connectivity index (χ4n) is 7.55. The van der Waals surface area contributed by atoms with Crippen molar-refractivity contribution in [2.45, 2.75) is 108 Å². The first-order valence-corrected chi connectivity index (χ1v) is 24.9. The molecule has 3 aromatic rings. The second-order valence-corrected chi connectivity index (χ2v) is 18.7. The van der Waals surface area contributed by atoms with Gasteiger partial charge in [-0.1, -0.05) is 50.2 Å². The Bertz CT molecular complexity index is 2690. The molecule has 29 nitrogen and oxygen atoms in total. The molecule has 0 aliphatic heterocycles. The minimum atomic E-state index is -1.81. The second kappa shape index (κ2) is 32.3. The van der Waals surface area contributed by atoms with E-state index in [1.807, 2.05) is 0 Å². The van der Waals surface area contributed by atoms with Crippen LogP contribution in [-0.4, -0.2) is 159 Å². The van der Waals surface area contributed by atoms with Gasteiger partial charge in [0.2, 0.25) is 53.2 Å². The number of carboxylic acid groups (broad SMARTS) is 2. The number of carbonyl (C=O) groups excluding carboxylic acids is 9. The highest BCUT2D eigenvalue weighted by atomic mass is 16.4. The van der Waals surface area contributed by atoms with Crippen LogP contribution in [0.25, 0.3) is 0 Å². The quantitative estimate of drug-likeness (QED) is 0.0156. The summed E-state index contributed by atoms with van der Waals surface area (Å²) in [4.78, 5) is 148. The molecule has 434 valence electrons. The van der Waals surface area contributed by atoms with Crippen molar-refractivity contribution in [3.05, 3.63) is 89.5 Å². The number of hydrogen-bond acceptors (Lipinski definition) is 16. The Morgan fingerprint density at radius 2 is 0.912 bits per heavy atom. The first kappa shape index (κ1) is 64.7. The van der Waals surface area contributed by atoms with Crippen molar-refractivity contribution in [1.29, 1.82) is 0 Å². The molecule has 0 aromatic heterocycles. The van der Waals surface area contributed by atoms with Crippen molar-refractivity contribution in [1.82, 2.24) is 42.5 Å². The van der Waals surface area contributed by atoms with Gasteiger partial charge in [-0.15, -0.1) is 0 Å². The third-order valence-corrected chi connectivity index (χ3v) is 11.7. The van der Waals surface area contributed by atoms with Gasteiger partial charge in [-0.25, -0.2) is 0 Å². The van der Waals surface area contributed by atoms with Gasteiger partial charge in [-0.05, 0) is 84.7 Å². The predicted molar refractivity (Wildman–Crippen MR) is 284 cm³/mol. The van der Waals surface area contributed by atoms with Crippen molar-refractivity contribution in [3.63, 3.8) is 0 Å². The summed E-state index contributed by atoms with van der Waals surface area (Å²) >= 11 is 0. The predicted octanol–water partition coefficient (Wildman–Crippen LogP) is -4.17. The van der Waals surface area contributed by atoms with Gasteiger partial charge < -0.3 is 91.0 Å². The molecule has 3 rings (SSSR count). The zero-order chi connectivity index (χ0) is 59.6. The summed E-state index contributed by atoms with van der Waals surface area (Å²) in [7, 11) is 0. The summed E-state index contributed by atoms with van der Waals surface area (Å²) in [5, 5.41) is 66.9. The standard InChI is InChI=1S/C51H69N13O16/c1-26(2)43(50(80)63-36(46(76)58-25-42(72)73)21-28-7-13-31(66)14-8-28)64-49(79)38(23-39(53)68)62-48(78)37(22-29-9-15-32(67)16-10-29)59-40(69)24-57-45(75)35(17-18-41(70)71)61-47(77)34(4-3-19-56-51(54)55)60-44(74)33(52)20-27-5-11-30(65)12-6-27/h5-16,26,33-38,43,65-67H,3-4,17-25,52H2,1-2H3,(H2,53,68)(H,57,75)(H,58,76)(H,59,69)(H,60,74)(H,61,77)(H,62,78)(H,63,80)(H,64,79)(H,70,71)(H,72,73)(H4,54,55,56)/t33-,34-,35-,36-,37-,38-,43-/m0/s1. The molecule has 80 heavy (non-hydrogen) atoms. The van der Waals surface area contributed by atoms with Gasteiger partial charge >= 0.3 is 11.9 Å². The van der Waals surface area contributed by atoms with Crippen LogP contribution in [0.4, 0.5) is 0 Å². The van der Waals surface area contributed by atoms with Crippen LogP contribution in [0.15, 0.2) is 77.8 Å². The normalized spacial score (nSPS) is 13.4. The minimum Gasteiger partial charge on any atom is -0.508 e. The number of rotatable bonds is 33. The topological polar surface area (TPSA) is 502 Å². The Morgan fingerprint density at radius 1 is 0.487 bits per heavy atom. The highest BCUT2D eigenvalue weighted by Crippen LogP contribution is 2.15. The Morgan fingerprint density at radius 3 is 1.40 bits per heavy atom. The van der Waals surface area contributed by atoms with Crippen LogP contribution >= 0.6 is 0 Å². The molecule has 3 aromatic carbocycles. The SMILES string of the molecule is CC(C)[C@H](NC(=O)[C@H](CC(N)=O)NC(=O)[C@H](Cc1ccc(O)cc1)NC(=O)CNC(=O)[C@H](CCC(=O)O)NC(=O)[C@H](CCCN=C(N)N)NC(=O)[C@@H](N)Cc1ccc(O)cc1)C(=O)N[C@@H](Cc1ccc(O)cc1)C(=O)NCC(=O)O. The number of guanidine groups is 1. The number of amides is 9. The summed E-state index contributed by atoms with van der Waals surface area (Å²) in [5.74, 6) is -13.0. The van der Waals surface area contributed by atoms with E-state index in [0.29, 0.717) is 16.7 Å². The molecule has 0 unspecified atom stereocenters. The molecule has 0 bridgehead atoms. The molecule has 0 fully saturated rings. The highest BCUT2D eigenvalue weighted by Gasteiger charge is 2.35. The lowest BCUT2D eigenvalue weighted by atomic mass is 10.00. The number of hydrogen-bond donors (Lipinski definition) is 17. The summed E-state index contributed by atoms with van der Waals surface area (Å²) in [5.41, 5.74) is 23.8. The summed E-state index contributed by atoms with van der Waals surface area (Å²) in [6, 6.07) is 6.26. The average Bonchev–Trinajstić information content (AvgIpc) is 3.39. The molecule has 29 heteroatoms. The Kier molecular flexibility index (Phi) is 26.1. The van der Waals surface area contributed by atoms with Crippen molar-refractivity contribution in [2.75, 3.05) is 19.6 Å². The van der Waals surface area contributed by atoms with Gasteiger partial charge in [-0.2, -0.15) is 0 Å². The lowest BCUT2D eigenvalue weighted by Crippen LogP contribution is -2.60. The fraction of sp³-hybridized carbons (Fsp3) is 0.412. The van der Waals surface area contributed by atoms with E-state index in [-0.39, 0.29) is 61.9 Å². The molecule has 0 aliphatic carbocycles. The average molecular weight is 1120 g/mol. The number of nitrogens with two attached hydrogens (primary N) is 4. The lowest BCUT2D eigenvalue weighted by Gasteiger charge is -2.28. The van der Waals surface area contributed by atoms with Crippen LogP contribution in [-0.2, 0) is 72.0 Å². The largest absolute Gasteiger partial charge is 0.508 e. The third-order valence-electron chi connectivity index (χ3n) is 11.7. The minimum absolute atomic E-state index is 0.00456. The molecular weight excluding hydrogens is 1050 g/mol. The molecule has 0 saturated heterocycles. The van der Waals surface area contributed by atoms with Gasteiger partial charge in [-0.3, -0.25) is 57.7 Å². The van der Waals surface area contributed by atoms with E-state index in [9.17, 15) is 73.2 Å². The van der Waals surface area contributed by atoms with Crippen LogP contribution in [0.3, 0.4) is 0 Å². The molecular formula is C51H69N13O16. The van der Waals surface area contributed by atoms with Crippen molar-refractivity contribution in [3.8, 4) is 17.2 Å². The summed E-state index contributed by atoms with van der Waals surface area (Å²) in [6.07, 6.45) is -2.53. The number of aliphatic carboxylic acids is 2. The number of phenols is 3. The molecule has 0 heterocycles. The molecule has 0 saturated carbocycles. The summed E-state index contributed by atoms with van der Waals surface area (Å²) in [6.45, 7) is 1.36. The lowest BCUT2D eigenvalue weighted by molar-refractivity contribution is -0.139. The Balaban J connectivity index is 1.83. The van der Waals surface area contributed by atoms with E-state index in [1.54, 1.807) is 0 Å². The van der Waals surface area contributed by atoms with E-state index >= 15 is 0 Å². The number of benzene rings is 3. The van der Waals surface area contributed by atoms with E-state index in [1.165, 1.54) is 86.6 Å². The molecule has 7 atom stereocenters. The smallest absolute Gasteiger partial charge is 0.322 e. The van der Waals surface area contributed by atoms with E-state index in [2.05, 4.69) is 47.5 Å². The van der Waals surface area contributed by atoms with E-state index < -0.39 is 146 Å². The first-order chi connectivity index (χ1) is 37.7. The number of nitrogens with one attached hydrogen (secondary N) is 8. The second-order valence-electron chi connectivity index (χ2n) is 18.7. The van der Waals surface area contributed by atoms with E-state index in [0.717, 1.165) is 0 Å². The molecule has 21 N–H and O–H groups in total. The van der Waals surface area contributed by atoms with Crippen molar-refractivity contribution in [2.24, 2.45) is 33.8 Å². The summed E-state index contributed by atoms with van der Waals surface area (Å²) < 4.78 is 0. The Hall–Kier alpha value is -9.54. The van der Waals surface area contributed by atoms with Crippen LogP contribution in [0.1, 0.15) is 62.6 Å². The van der Waals surface area contributed by atoms with Gasteiger partial charge in [0.25, 0.3) is 0 Å².